The van der Waals surface area contributed by atoms with Gasteiger partial charge in [0.25, 0.3) is 0 Å². The van der Waals surface area contributed by atoms with E-state index in [1.165, 1.54) is 11.3 Å². The minimum Gasteiger partial charge on any atom is -0.385 e. The number of hydrogen-bond acceptors (Lipinski definition) is 3. The summed E-state index contributed by atoms with van der Waals surface area (Å²) in [6.45, 7) is 3.91. The van der Waals surface area contributed by atoms with Crippen LogP contribution in [-0.2, 0) is 11.2 Å². The lowest BCUT2D eigenvalue weighted by Crippen LogP contribution is -2.25. The Morgan fingerprint density at radius 2 is 2.16 bits per heavy atom. The molecule has 1 aromatic rings. The minimum absolute atomic E-state index is 0.229. The van der Waals surface area contributed by atoms with E-state index in [4.69, 9.17) is 10.5 Å². The molecular weight excluding hydrogens is 304 g/mol. The van der Waals surface area contributed by atoms with Gasteiger partial charge in [-0.05, 0) is 37.0 Å². The second kappa shape index (κ2) is 8.56. The SMILES string of the molecule is CCC(N)Cc1ccc(Br)cc1N(C)CCCOC. The molecule has 0 fully saturated rings. The standard InChI is InChI=1S/C15H25BrN2O/c1-4-14(17)10-12-6-7-13(16)11-15(12)18(2)8-5-9-19-3/h6-7,11,14H,4-5,8-10,17H2,1-3H3. The van der Waals surface area contributed by atoms with Crippen molar-refractivity contribution in [2.75, 3.05) is 32.2 Å². The maximum atomic E-state index is 6.08. The van der Waals surface area contributed by atoms with Crippen LogP contribution in [0.4, 0.5) is 5.69 Å². The van der Waals surface area contributed by atoms with Gasteiger partial charge in [-0.2, -0.15) is 0 Å². The molecule has 0 saturated heterocycles. The van der Waals surface area contributed by atoms with Crippen molar-refractivity contribution in [2.45, 2.75) is 32.2 Å². The molecule has 2 N–H and O–H groups in total. The summed E-state index contributed by atoms with van der Waals surface area (Å²) in [5.41, 5.74) is 8.66. The van der Waals surface area contributed by atoms with E-state index in [-0.39, 0.29) is 6.04 Å². The van der Waals surface area contributed by atoms with Gasteiger partial charge in [0, 0.05) is 43.5 Å². The van der Waals surface area contributed by atoms with Crippen LogP contribution in [0.1, 0.15) is 25.3 Å². The highest BCUT2D eigenvalue weighted by Gasteiger charge is 2.11. The van der Waals surface area contributed by atoms with E-state index >= 15 is 0 Å². The molecule has 0 radical (unpaired) electrons. The molecule has 1 rings (SSSR count). The van der Waals surface area contributed by atoms with Crippen LogP contribution in [0.15, 0.2) is 22.7 Å². The highest BCUT2D eigenvalue weighted by Crippen LogP contribution is 2.26. The molecular formula is C15H25BrN2O. The van der Waals surface area contributed by atoms with Gasteiger partial charge in [0.05, 0.1) is 0 Å². The summed E-state index contributed by atoms with van der Waals surface area (Å²) in [4.78, 5) is 2.28. The molecule has 0 bridgehead atoms. The first-order valence-electron chi connectivity index (χ1n) is 6.82. The third-order valence-electron chi connectivity index (χ3n) is 3.31. The zero-order valence-corrected chi connectivity index (χ0v) is 13.7. The number of nitrogens with two attached hydrogens (primary N) is 1. The molecule has 19 heavy (non-hydrogen) atoms. The van der Waals surface area contributed by atoms with Crippen molar-refractivity contribution in [2.24, 2.45) is 5.73 Å². The molecule has 0 aromatic heterocycles. The number of ether oxygens (including phenoxy) is 1. The van der Waals surface area contributed by atoms with Gasteiger partial charge in [0.1, 0.15) is 0 Å². The second-order valence-electron chi connectivity index (χ2n) is 4.91. The Morgan fingerprint density at radius 3 is 2.79 bits per heavy atom. The fourth-order valence-corrected chi connectivity index (χ4v) is 2.41. The maximum Gasteiger partial charge on any atom is 0.0479 e. The van der Waals surface area contributed by atoms with Gasteiger partial charge in [-0.25, -0.2) is 0 Å². The summed E-state index contributed by atoms with van der Waals surface area (Å²) in [6.07, 6.45) is 2.95. The van der Waals surface area contributed by atoms with E-state index in [1.807, 2.05) is 0 Å². The van der Waals surface area contributed by atoms with Crippen molar-refractivity contribution in [3.63, 3.8) is 0 Å². The first-order chi connectivity index (χ1) is 9.08. The Hall–Kier alpha value is -0.580. The third kappa shape index (κ3) is 5.51. The van der Waals surface area contributed by atoms with Crippen molar-refractivity contribution in [1.29, 1.82) is 0 Å². The molecule has 1 aromatic carbocycles. The monoisotopic (exact) mass is 328 g/mol. The average Bonchev–Trinajstić information content (AvgIpc) is 2.40. The lowest BCUT2D eigenvalue weighted by atomic mass is 10.0. The van der Waals surface area contributed by atoms with Crippen LogP contribution in [-0.4, -0.2) is 33.4 Å². The first kappa shape index (κ1) is 16.5. The second-order valence-corrected chi connectivity index (χ2v) is 5.83. The fourth-order valence-electron chi connectivity index (χ4n) is 2.06. The van der Waals surface area contributed by atoms with Crippen molar-refractivity contribution in [1.82, 2.24) is 0 Å². The predicted molar refractivity (Wildman–Crippen MR) is 85.9 cm³/mol. The summed E-state index contributed by atoms with van der Waals surface area (Å²) >= 11 is 3.55. The highest BCUT2D eigenvalue weighted by molar-refractivity contribution is 9.10. The van der Waals surface area contributed by atoms with Gasteiger partial charge in [0.2, 0.25) is 0 Å². The molecule has 0 spiro atoms. The smallest absolute Gasteiger partial charge is 0.0479 e. The molecule has 0 aliphatic rings. The molecule has 0 aliphatic carbocycles. The van der Waals surface area contributed by atoms with Crippen molar-refractivity contribution in [3.8, 4) is 0 Å². The van der Waals surface area contributed by atoms with Gasteiger partial charge in [-0.1, -0.05) is 28.9 Å². The molecule has 0 saturated carbocycles. The Labute approximate surface area is 125 Å². The Morgan fingerprint density at radius 1 is 1.42 bits per heavy atom. The van der Waals surface area contributed by atoms with E-state index in [1.54, 1.807) is 7.11 Å². The number of halogens is 1. The van der Waals surface area contributed by atoms with Crippen LogP contribution >= 0.6 is 15.9 Å². The zero-order valence-electron chi connectivity index (χ0n) is 12.2. The molecule has 0 amide bonds. The molecule has 0 aliphatic heterocycles. The summed E-state index contributed by atoms with van der Waals surface area (Å²) in [6, 6.07) is 6.66. The molecule has 1 atom stereocenters. The van der Waals surface area contributed by atoms with E-state index in [2.05, 4.69) is 53.0 Å². The number of nitrogens with zero attached hydrogens (tertiary/aromatic N) is 1. The van der Waals surface area contributed by atoms with Crippen LogP contribution in [0.25, 0.3) is 0 Å². The number of rotatable bonds is 8. The third-order valence-corrected chi connectivity index (χ3v) is 3.80. The van der Waals surface area contributed by atoms with Crippen LogP contribution in [0.2, 0.25) is 0 Å². The topological polar surface area (TPSA) is 38.5 Å². The number of hydrogen-bond donors (Lipinski definition) is 1. The quantitative estimate of drug-likeness (QED) is 0.745. The Balaban J connectivity index is 2.80. The molecule has 4 heteroatoms. The lowest BCUT2D eigenvalue weighted by molar-refractivity contribution is 0.196. The number of benzene rings is 1. The highest BCUT2D eigenvalue weighted by atomic mass is 79.9. The zero-order chi connectivity index (χ0) is 14.3. The molecule has 1 unspecified atom stereocenters. The van der Waals surface area contributed by atoms with Crippen LogP contribution < -0.4 is 10.6 Å². The van der Waals surface area contributed by atoms with Crippen molar-refractivity contribution < 1.29 is 4.74 Å². The van der Waals surface area contributed by atoms with Gasteiger partial charge in [-0.3, -0.25) is 0 Å². The van der Waals surface area contributed by atoms with Gasteiger partial charge < -0.3 is 15.4 Å². The van der Waals surface area contributed by atoms with Crippen molar-refractivity contribution >= 4 is 21.6 Å². The largest absolute Gasteiger partial charge is 0.385 e. The van der Waals surface area contributed by atoms with E-state index in [0.29, 0.717) is 0 Å². The summed E-state index contributed by atoms with van der Waals surface area (Å²) in [5, 5.41) is 0. The summed E-state index contributed by atoms with van der Waals surface area (Å²) in [7, 11) is 3.86. The van der Waals surface area contributed by atoms with Gasteiger partial charge in [-0.15, -0.1) is 0 Å². The first-order valence-corrected chi connectivity index (χ1v) is 7.61. The Kier molecular flexibility index (Phi) is 7.42. The molecule has 0 heterocycles. The van der Waals surface area contributed by atoms with Gasteiger partial charge in [0.15, 0.2) is 0 Å². The number of anilines is 1. The van der Waals surface area contributed by atoms with Gasteiger partial charge >= 0.3 is 0 Å². The summed E-state index contributed by atoms with van der Waals surface area (Å²) in [5.74, 6) is 0. The van der Waals surface area contributed by atoms with Crippen LogP contribution in [0.3, 0.4) is 0 Å². The lowest BCUT2D eigenvalue weighted by Gasteiger charge is -2.24. The maximum absolute atomic E-state index is 6.08. The predicted octanol–water partition coefficient (Wildman–Crippen LogP) is 3.20. The van der Waals surface area contributed by atoms with E-state index in [0.717, 1.165) is 36.9 Å². The minimum atomic E-state index is 0.229. The van der Waals surface area contributed by atoms with Crippen molar-refractivity contribution in [3.05, 3.63) is 28.2 Å². The molecule has 3 nitrogen and oxygen atoms in total. The van der Waals surface area contributed by atoms with Crippen LogP contribution in [0, 0.1) is 0 Å². The van der Waals surface area contributed by atoms with E-state index in [9.17, 15) is 0 Å². The Bertz CT molecular complexity index is 384. The fraction of sp³-hybridized carbons (Fsp3) is 0.600. The average molecular weight is 329 g/mol. The normalized spacial score (nSPS) is 12.5. The van der Waals surface area contributed by atoms with Crippen LogP contribution in [0.5, 0.6) is 0 Å². The molecule has 108 valence electrons. The number of methoxy groups -OCH3 is 1. The van der Waals surface area contributed by atoms with E-state index < -0.39 is 0 Å². The summed E-state index contributed by atoms with van der Waals surface area (Å²) < 4.78 is 6.21.